The van der Waals surface area contributed by atoms with E-state index >= 15 is 0 Å². The zero-order chi connectivity index (χ0) is 10.7. The van der Waals surface area contributed by atoms with Crippen molar-refractivity contribution in [3.8, 4) is 0 Å². The molecule has 0 aliphatic carbocycles. The Labute approximate surface area is 84.1 Å². The Bertz CT molecular complexity index is 359. The van der Waals surface area contributed by atoms with Gasteiger partial charge in [-0.25, -0.2) is 4.79 Å². The number of aryl methyl sites for hydroxylation is 2. The van der Waals surface area contributed by atoms with Gasteiger partial charge in [0, 0.05) is 5.69 Å². The van der Waals surface area contributed by atoms with E-state index in [-0.39, 0.29) is 0 Å². The third kappa shape index (κ3) is 2.25. The van der Waals surface area contributed by atoms with Gasteiger partial charge in [-0.05, 0) is 43.5 Å². The first-order valence-corrected chi connectivity index (χ1v) is 4.47. The maximum atomic E-state index is 11.0. The zero-order valence-electron chi connectivity index (χ0n) is 8.97. The minimum Gasteiger partial charge on any atom is -0.453 e. The summed E-state index contributed by atoms with van der Waals surface area (Å²) < 4.78 is 4.54. The molecule has 0 heterocycles. The van der Waals surface area contributed by atoms with Gasteiger partial charge < -0.3 is 4.74 Å². The Balaban J connectivity index is 3.02. The third-order valence-electron chi connectivity index (χ3n) is 2.23. The van der Waals surface area contributed by atoms with E-state index < -0.39 is 6.09 Å². The van der Waals surface area contributed by atoms with Crippen molar-refractivity contribution in [2.75, 3.05) is 12.4 Å². The molecule has 3 nitrogen and oxygen atoms in total. The van der Waals surface area contributed by atoms with Crippen LogP contribution in [0.15, 0.2) is 12.1 Å². The molecule has 0 aromatic heterocycles. The molecule has 0 saturated carbocycles. The molecular weight excluding hydrogens is 178 g/mol. The molecule has 0 atom stereocenters. The third-order valence-corrected chi connectivity index (χ3v) is 2.23. The fraction of sp³-hybridized carbons (Fsp3) is 0.364. The van der Waals surface area contributed by atoms with Gasteiger partial charge in [-0.1, -0.05) is 6.07 Å². The Hall–Kier alpha value is -1.51. The topological polar surface area (TPSA) is 38.3 Å². The van der Waals surface area contributed by atoms with Crippen molar-refractivity contribution >= 4 is 11.8 Å². The first-order valence-electron chi connectivity index (χ1n) is 4.47. The lowest BCUT2D eigenvalue weighted by Gasteiger charge is -2.10. The molecule has 76 valence electrons. The number of methoxy groups -OCH3 is 1. The monoisotopic (exact) mass is 193 g/mol. The van der Waals surface area contributed by atoms with Crippen molar-refractivity contribution in [1.29, 1.82) is 0 Å². The van der Waals surface area contributed by atoms with E-state index in [9.17, 15) is 4.79 Å². The summed E-state index contributed by atoms with van der Waals surface area (Å²) in [6.45, 7) is 5.99. The number of hydrogen-bond donors (Lipinski definition) is 1. The number of nitrogens with one attached hydrogen (secondary N) is 1. The predicted octanol–water partition coefficient (Wildman–Crippen LogP) is 2.79. The lowest BCUT2D eigenvalue weighted by atomic mass is 10.0. The fourth-order valence-electron chi connectivity index (χ4n) is 1.33. The number of rotatable bonds is 1. The maximum absolute atomic E-state index is 11.0. The quantitative estimate of drug-likeness (QED) is 0.744. The van der Waals surface area contributed by atoms with Crippen LogP contribution in [0.4, 0.5) is 10.5 Å². The van der Waals surface area contributed by atoms with E-state index in [4.69, 9.17) is 0 Å². The summed E-state index contributed by atoms with van der Waals surface area (Å²) in [5.74, 6) is 0. The van der Waals surface area contributed by atoms with Crippen LogP contribution in [-0.4, -0.2) is 13.2 Å². The molecule has 1 aromatic rings. The SMILES string of the molecule is COC(=O)Nc1cc(C)cc(C)c1C. The summed E-state index contributed by atoms with van der Waals surface area (Å²) >= 11 is 0. The van der Waals surface area contributed by atoms with E-state index in [0.29, 0.717) is 0 Å². The van der Waals surface area contributed by atoms with Crippen LogP contribution in [0.2, 0.25) is 0 Å². The van der Waals surface area contributed by atoms with Gasteiger partial charge in [0.1, 0.15) is 0 Å². The summed E-state index contributed by atoms with van der Waals surface area (Å²) in [4.78, 5) is 11.0. The highest BCUT2D eigenvalue weighted by Gasteiger charge is 2.06. The summed E-state index contributed by atoms with van der Waals surface area (Å²) in [6.07, 6.45) is -0.432. The van der Waals surface area contributed by atoms with Crippen LogP contribution in [0.5, 0.6) is 0 Å². The molecule has 1 rings (SSSR count). The van der Waals surface area contributed by atoms with Gasteiger partial charge in [-0.3, -0.25) is 5.32 Å². The minimum atomic E-state index is -0.432. The maximum Gasteiger partial charge on any atom is 0.411 e. The molecule has 0 unspecified atom stereocenters. The molecule has 1 N–H and O–H groups in total. The van der Waals surface area contributed by atoms with Crippen molar-refractivity contribution in [3.63, 3.8) is 0 Å². The van der Waals surface area contributed by atoms with Crippen LogP contribution < -0.4 is 5.32 Å². The standard InChI is InChI=1S/C11H15NO2/c1-7-5-8(2)9(3)10(6-7)12-11(13)14-4/h5-6H,1-4H3,(H,12,13). The van der Waals surface area contributed by atoms with Gasteiger partial charge in [-0.15, -0.1) is 0 Å². The fourth-order valence-corrected chi connectivity index (χ4v) is 1.33. The van der Waals surface area contributed by atoms with Crippen LogP contribution in [0.3, 0.4) is 0 Å². The molecule has 0 saturated heterocycles. The molecule has 0 radical (unpaired) electrons. The lowest BCUT2D eigenvalue weighted by Crippen LogP contribution is -2.12. The van der Waals surface area contributed by atoms with Crippen molar-refractivity contribution in [3.05, 3.63) is 28.8 Å². The summed E-state index contributed by atoms with van der Waals surface area (Å²) in [5, 5.41) is 2.68. The van der Waals surface area contributed by atoms with Crippen molar-refractivity contribution in [2.45, 2.75) is 20.8 Å². The van der Waals surface area contributed by atoms with Gasteiger partial charge >= 0.3 is 6.09 Å². The lowest BCUT2D eigenvalue weighted by molar-refractivity contribution is 0.187. The average Bonchev–Trinajstić information content (AvgIpc) is 2.13. The number of amides is 1. The highest BCUT2D eigenvalue weighted by Crippen LogP contribution is 2.20. The highest BCUT2D eigenvalue weighted by atomic mass is 16.5. The Morgan fingerprint density at radius 1 is 1.29 bits per heavy atom. The van der Waals surface area contributed by atoms with E-state index in [1.54, 1.807) is 0 Å². The number of anilines is 1. The van der Waals surface area contributed by atoms with Crippen LogP contribution >= 0.6 is 0 Å². The van der Waals surface area contributed by atoms with E-state index in [1.807, 2.05) is 26.8 Å². The average molecular weight is 193 g/mol. The Morgan fingerprint density at radius 2 is 1.93 bits per heavy atom. The number of carbonyl (C=O) groups is 1. The van der Waals surface area contributed by atoms with Gasteiger partial charge in [-0.2, -0.15) is 0 Å². The van der Waals surface area contributed by atoms with Crippen LogP contribution in [0, 0.1) is 20.8 Å². The minimum absolute atomic E-state index is 0.432. The van der Waals surface area contributed by atoms with E-state index in [1.165, 1.54) is 7.11 Å². The van der Waals surface area contributed by atoms with Crippen LogP contribution in [0.25, 0.3) is 0 Å². The molecule has 1 aromatic carbocycles. The number of benzene rings is 1. The van der Waals surface area contributed by atoms with Crippen LogP contribution in [0.1, 0.15) is 16.7 Å². The first kappa shape index (κ1) is 10.6. The van der Waals surface area contributed by atoms with E-state index in [0.717, 1.165) is 22.4 Å². The van der Waals surface area contributed by atoms with Crippen molar-refractivity contribution < 1.29 is 9.53 Å². The Kier molecular flexibility index (Phi) is 3.12. The zero-order valence-corrected chi connectivity index (χ0v) is 8.97. The molecule has 0 aliphatic heterocycles. The van der Waals surface area contributed by atoms with Gasteiger partial charge in [0.05, 0.1) is 7.11 Å². The molecule has 1 amide bonds. The molecule has 0 aliphatic rings. The Morgan fingerprint density at radius 3 is 2.50 bits per heavy atom. The summed E-state index contributed by atoms with van der Waals surface area (Å²) in [7, 11) is 1.35. The number of ether oxygens (including phenoxy) is 1. The van der Waals surface area contributed by atoms with Crippen molar-refractivity contribution in [2.24, 2.45) is 0 Å². The smallest absolute Gasteiger partial charge is 0.411 e. The van der Waals surface area contributed by atoms with Gasteiger partial charge in [0.25, 0.3) is 0 Å². The number of hydrogen-bond acceptors (Lipinski definition) is 2. The predicted molar refractivity (Wildman–Crippen MR) is 56.7 cm³/mol. The normalized spacial score (nSPS) is 9.71. The molecule has 0 bridgehead atoms. The first-order chi connectivity index (χ1) is 6.54. The molecule has 0 spiro atoms. The second kappa shape index (κ2) is 4.13. The summed E-state index contributed by atoms with van der Waals surface area (Å²) in [6, 6.07) is 4.01. The second-order valence-corrected chi connectivity index (χ2v) is 3.37. The van der Waals surface area contributed by atoms with Gasteiger partial charge in [0.2, 0.25) is 0 Å². The molecular formula is C11H15NO2. The van der Waals surface area contributed by atoms with Gasteiger partial charge in [0.15, 0.2) is 0 Å². The highest BCUT2D eigenvalue weighted by molar-refractivity contribution is 5.86. The molecule has 3 heteroatoms. The second-order valence-electron chi connectivity index (χ2n) is 3.37. The number of carbonyl (C=O) groups excluding carboxylic acids is 1. The van der Waals surface area contributed by atoms with Crippen molar-refractivity contribution in [1.82, 2.24) is 0 Å². The molecule has 14 heavy (non-hydrogen) atoms. The molecule has 0 fully saturated rings. The summed E-state index contributed by atoms with van der Waals surface area (Å²) in [5.41, 5.74) is 4.17. The van der Waals surface area contributed by atoms with Crippen LogP contribution in [-0.2, 0) is 4.74 Å². The van der Waals surface area contributed by atoms with E-state index in [2.05, 4.69) is 16.1 Å². The largest absolute Gasteiger partial charge is 0.453 e.